The van der Waals surface area contributed by atoms with Crippen LogP contribution in [-0.4, -0.2) is 33.1 Å². The van der Waals surface area contributed by atoms with Crippen molar-refractivity contribution < 1.29 is 23.8 Å². The predicted octanol–water partition coefficient (Wildman–Crippen LogP) is 1.30. The topological polar surface area (TPSA) is 137 Å². The van der Waals surface area contributed by atoms with Crippen LogP contribution >= 0.6 is 0 Å². The first-order valence-electron chi connectivity index (χ1n) is 10.3. The fraction of sp³-hybridized carbons (Fsp3) is 0.261. The highest BCUT2D eigenvalue weighted by atomic mass is 19.1. The average Bonchev–Trinajstić information content (AvgIpc) is 3.17. The zero-order valence-corrected chi connectivity index (χ0v) is 17.7. The lowest BCUT2D eigenvalue weighted by Crippen LogP contribution is -2.44. The van der Waals surface area contributed by atoms with Gasteiger partial charge in [-0.05, 0) is 31.0 Å². The fourth-order valence-electron chi connectivity index (χ4n) is 4.48. The molecule has 4 N–H and O–H groups in total. The van der Waals surface area contributed by atoms with Gasteiger partial charge in [0.2, 0.25) is 5.91 Å². The number of benzene rings is 1. The Hall–Kier alpha value is -3.63. The van der Waals surface area contributed by atoms with E-state index < -0.39 is 28.9 Å². The molecule has 1 aromatic carbocycles. The molecule has 4 heterocycles. The minimum atomic E-state index is -1.93. The maximum absolute atomic E-state index is 14.6. The molecule has 3 aromatic rings. The Bertz CT molecular complexity index is 1450. The number of fused-ring (bicyclic) bond motifs is 5. The molecule has 2 aromatic heterocycles. The first-order valence-corrected chi connectivity index (χ1v) is 10.3. The Kier molecular flexibility index (Phi) is 4.62. The molecule has 0 saturated carbocycles. The minimum Gasteiger partial charge on any atom is -0.458 e. The summed E-state index contributed by atoms with van der Waals surface area (Å²) in [6.07, 6.45) is 0.0306. The van der Waals surface area contributed by atoms with Crippen LogP contribution in [0, 0.1) is 12.7 Å². The van der Waals surface area contributed by atoms with Crippen LogP contribution < -0.4 is 16.6 Å². The number of hydrogen-bond acceptors (Lipinski definition) is 7. The number of pyridine rings is 2. The van der Waals surface area contributed by atoms with E-state index in [9.17, 15) is 23.9 Å². The number of esters is 1. The zero-order chi connectivity index (χ0) is 23.7. The first-order chi connectivity index (χ1) is 15.7. The molecule has 0 fully saturated rings. The summed E-state index contributed by atoms with van der Waals surface area (Å²) in [4.78, 5) is 41.7. The lowest BCUT2D eigenvalue weighted by molar-refractivity contribution is -0.172. The largest absolute Gasteiger partial charge is 0.458 e. The number of cyclic esters (lactones) is 1. The summed E-state index contributed by atoms with van der Waals surface area (Å²) in [5.41, 5.74) is 5.62. The normalized spacial score (nSPS) is 18.5. The lowest BCUT2D eigenvalue weighted by Gasteiger charge is -2.31. The second-order valence-corrected chi connectivity index (χ2v) is 8.12. The van der Waals surface area contributed by atoms with E-state index in [1.165, 1.54) is 16.7 Å². The highest BCUT2D eigenvalue weighted by Crippen LogP contribution is 2.40. The molecule has 0 aliphatic carbocycles. The van der Waals surface area contributed by atoms with Crippen molar-refractivity contribution in [3.8, 4) is 11.4 Å². The van der Waals surface area contributed by atoms with E-state index in [0.29, 0.717) is 27.9 Å². The van der Waals surface area contributed by atoms with Gasteiger partial charge in [-0.25, -0.2) is 14.2 Å². The molecule has 10 heteroatoms. The van der Waals surface area contributed by atoms with E-state index in [2.05, 4.69) is 17.2 Å². The first kappa shape index (κ1) is 21.2. The van der Waals surface area contributed by atoms with Gasteiger partial charge in [0.05, 0.1) is 41.2 Å². The van der Waals surface area contributed by atoms with Crippen LogP contribution in [-0.2, 0) is 33.1 Å². The number of aromatic nitrogens is 2. The van der Waals surface area contributed by atoms with Gasteiger partial charge < -0.3 is 25.5 Å². The van der Waals surface area contributed by atoms with E-state index >= 15 is 0 Å². The number of halogens is 1. The van der Waals surface area contributed by atoms with Gasteiger partial charge in [-0.15, -0.1) is 0 Å². The van der Waals surface area contributed by atoms with Crippen molar-refractivity contribution >= 4 is 28.5 Å². The molecule has 1 radical (unpaired) electrons. The maximum Gasteiger partial charge on any atom is 0.343 e. The third-order valence-corrected chi connectivity index (χ3v) is 6.35. The molecule has 5 rings (SSSR count). The van der Waals surface area contributed by atoms with Crippen LogP contribution in [0.1, 0.15) is 35.6 Å². The third-order valence-electron chi connectivity index (χ3n) is 6.35. The van der Waals surface area contributed by atoms with Gasteiger partial charge >= 0.3 is 5.97 Å². The molecule has 0 saturated heterocycles. The predicted molar refractivity (Wildman–Crippen MR) is 117 cm³/mol. The van der Waals surface area contributed by atoms with E-state index in [4.69, 9.17) is 10.5 Å². The molecule has 33 heavy (non-hydrogen) atoms. The van der Waals surface area contributed by atoms with Gasteiger partial charge in [0, 0.05) is 22.6 Å². The summed E-state index contributed by atoms with van der Waals surface area (Å²) in [6.45, 7) is 5.38. The van der Waals surface area contributed by atoms with E-state index in [1.807, 2.05) is 0 Å². The highest BCUT2D eigenvalue weighted by molar-refractivity contribution is 5.97. The van der Waals surface area contributed by atoms with Crippen molar-refractivity contribution in [2.24, 2.45) is 5.73 Å². The molecule has 1 atom stereocenters. The Labute approximate surface area is 187 Å². The van der Waals surface area contributed by atoms with Crippen molar-refractivity contribution in [2.75, 3.05) is 11.9 Å². The quantitative estimate of drug-likeness (QED) is 0.399. The molecular weight excluding hydrogens is 431 g/mol. The number of nitrogens with two attached hydrogens (primary N) is 1. The second kappa shape index (κ2) is 7.19. The summed E-state index contributed by atoms with van der Waals surface area (Å²) in [5.74, 6) is -2.05. The number of nitrogens with one attached hydrogen (secondary N) is 1. The highest BCUT2D eigenvalue weighted by Gasteiger charge is 2.45. The summed E-state index contributed by atoms with van der Waals surface area (Å²) in [5, 5.41) is 13.9. The molecule has 0 bridgehead atoms. The minimum absolute atomic E-state index is 0.0306. The number of nitrogens with zero attached hydrogens (tertiary/aromatic N) is 2. The number of carbonyl (C=O) groups is 2. The Morgan fingerprint density at radius 3 is 2.82 bits per heavy atom. The molecule has 1 amide bonds. The number of anilines is 1. The van der Waals surface area contributed by atoms with Crippen molar-refractivity contribution in [3.05, 3.63) is 63.5 Å². The lowest BCUT2D eigenvalue weighted by atomic mass is 9.86. The maximum atomic E-state index is 14.6. The summed E-state index contributed by atoms with van der Waals surface area (Å²) >= 11 is 0. The van der Waals surface area contributed by atoms with E-state index in [1.54, 1.807) is 13.0 Å². The molecule has 2 aliphatic rings. The standard InChI is InChI=1S/C23H20FN4O5/c1-3-23(32)14-5-18-20-12(8-28(18)21(30)13(14)9-33-22(23)31)10(2)11-4-17(26-19(29)7-25)15(24)6-16(11)27-20/h4-6,32H,2-3,7-9,25H2,1H3,(H,26,29)/t23-/m0/s1. The number of aliphatic hydroxyl groups is 1. The van der Waals surface area contributed by atoms with Crippen LogP contribution in [0.25, 0.3) is 22.3 Å². The number of ether oxygens (including phenoxy) is 1. The number of amides is 1. The zero-order valence-electron chi connectivity index (χ0n) is 17.7. The molecule has 169 valence electrons. The van der Waals surface area contributed by atoms with Gasteiger partial charge in [0.1, 0.15) is 12.4 Å². The van der Waals surface area contributed by atoms with Crippen LogP contribution in [0.3, 0.4) is 0 Å². The molecule has 9 nitrogen and oxygen atoms in total. The Morgan fingerprint density at radius 2 is 2.12 bits per heavy atom. The third kappa shape index (κ3) is 2.91. The Morgan fingerprint density at radius 1 is 1.36 bits per heavy atom. The number of hydrogen-bond donors (Lipinski definition) is 3. The summed E-state index contributed by atoms with van der Waals surface area (Å²) < 4.78 is 21.2. The fourth-order valence-corrected chi connectivity index (χ4v) is 4.48. The van der Waals surface area contributed by atoms with Crippen molar-refractivity contribution in [2.45, 2.75) is 32.1 Å². The molecule has 2 aliphatic heterocycles. The SMILES string of the molecule is [CH2]c1c2c(nc3cc(F)c(NC(=O)CN)cc13)-c1cc3c(c(=O)n1C2)COC(=O)[C@]3(O)CC. The van der Waals surface area contributed by atoms with Gasteiger partial charge in [-0.1, -0.05) is 6.92 Å². The van der Waals surface area contributed by atoms with Crippen LogP contribution in [0.15, 0.2) is 23.0 Å². The van der Waals surface area contributed by atoms with E-state index in [0.717, 1.165) is 0 Å². The summed E-state index contributed by atoms with van der Waals surface area (Å²) in [6, 6.07) is 4.19. The smallest absolute Gasteiger partial charge is 0.343 e. The van der Waals surface area contributed by atoms with Crippen LogP contribution in [0.4, 0.5) is 10.1 Å². The second-order valence-electron chi connectivity index (χ2n) is 8.12. The van der Waals surface area contributed by atoms with Gasteiger partial charge in [0.15, 0.2) is 5.60 Å². The molecule has 0 unspecified atom stereocenters. The average molecular weight is 451 g/mol. The van der Waals surface area contributed by atoms with Crippen molar-refractivity contribution in [3.63, 3.8) is 0 Å². The van der Waals surface area contributed by atoms with Gasteiger partial charge in [0.25, 0.3) is 5.56 Å². The van der Waals surface area contributed by atoms with Gasteiger partial charge in [-0.2, -0.15) is 0 Å². The van der Waals surface area contributed by atoms with Crippen molar-refractivity contribution in [1.29, 1.82) is 0 Å². The van der Waals surface area contributed by atoms with E-state index in [-0.39, 0.29) is 48.4 Å². The van der Waals surface area contributed by atoms with Crippen LogP contribution in [0.2, 0.25) is 0 Å². The number of carbonyl (C=O) groups excluding carboxylic acids is 2. The summed E-state index contributed by atoms with van der Waals surface area (Å²) in [7, 11) is 0. The number of rotatable bonds is 3. The Balaban J connectivity index is 1.73. The monoisotopic (exact) mass is 451 g/mol. The molecule has 0 spiro atoms. The van der Waals surface area contributed by atoms with Crippen molar-refractivity contribution in [1.82, 2.24) is 9.55 Å². The van der Waals surface area contributed by atoms with Crippen LogP contribution in [0.5, 0.6) is 0 Å². The van der Waals surface area contributed by atoms with Gasteiger partial charge in [-0.3, -0.25) is 9.59 Å². The molecular formula is C23H20FN4O5.